The van der Waals surface area contributed by atoms with Crippen LogP contribution < -0.4 is 10.2 Å². The van der Waals surface area contributed by atoms with Gasteiger partial charge >= 0.3 is 0 Å². The van der Waals surface area contributed by atoms with E-state index in [9.17, 15) is 4.39 Å². The fraction of sp³-hybridized carbons (Fsp3) is 0.571. The van der Waals surface area contributed by atoms with Crippen molar-refractivity contribution in [1.82, 2.24) is 5.32 Å². The Hall–Kier alpha value is -1.13. The number of benzene rings is 1. The minimum Gasteiger partial charge on any atom is -0.385 e. The molecule has 0 radical (unpaired) electrons. The summed E-state index contributed by atoms with van der Waals surface area (Å²) in [5.74, 6) is -0.146. The van der Waals surface area contributed by atoms with Crippen molar-refractivity contribution in [2.24, 2.45) is 0 Å². The zero-order valence-corrected chi connectivity index (χ0v) is 11.5. The molecule has 0 aliphatic heterocycles. The highest BCUT2D eigenvalue weighted by atomic mass is 19.1. The topological polar surface area (TPSA) is 24.5 Å². The Morgan fingerprint density at radius 3 is 2.83 bits per heavy atom. The second kappa shape index (κ2) is 8.06. The van der Waals surface area contributed by atoms with Crippen LogP contribution in [0, 0.1) is 5.82 Å². The molecule has 3 nitrogen and oxygen atoms in total. The van der Waals surface area contributed by atoms with Gasteiger partial charge in [-0.1, -0.05) is 13.0 Å². The maximum Gasteiger partial charge on any atom is 0.129 e. The van der Waals surface area contributed by atoms with Crippen molar-refractivity contribution >= 4 is 5.69 Å². The van der Waals surface area contributed by atoms with Crippen LogP contribution in [0.4, 0.5) is 10.1 Å². The Labute approximate surface area is 109 Å². The van der Waals surface area contributed by atoms with E-state index in [2.05, 4.69) is 10.2 Å². The van der Waals surface area contributed by atoms with Gasteiger partial charge in [-0.3, -0.25) is 0 Å². The number of hydrogen-bond acceptors (Lipinski definition) is 3. The van der Waals surface area contributed by atoms with Crippen LogP contribution in [-0.2, 0) is 11.3 Å². The van der Waals surface area contributed by atoms with E-state index < -0.39 is 0 Å². The average Bonchev–Trinajstić information content (AvgIpc) is 2.37. The van der Waals surface area contributed by atoms with Crippen molar-refractivity contribution in [2.75, 3.05) is 38.8 Å². The summed E-state index contributed by atoms with van der Waals surface area (Å²) in [5, 5.41) is 3.18. The summed E-state index contributed by atoms with van der Waals surface area (Å²) in [7, 11) is 3.68. The number of hydrogen-bond donors (Lipinski definition) is 1. The lowest BCUT2D eigenvalue weighted by Crippen LogP contribution is -2.23. The molecule has 0 aliphatic rings. The lowest BCUT2D eigenvalue weighted by atomic mass is 10.1. The number of nitrogens with one attached hydrogen (secondary N) is 1. The van der Waals surface area contributed by atoms with Crippen LogP contribution >= 0.6 is 0 Å². The van der Waals surface area contributed by atoms with Crippen molar-refractivity contribution < 1.29 is 9.13 Å². The molecule has 0 amide bonds. The van der Waals surface area contributed by atoms with Gasteiger partial charge in [-0.05, 0) is 25.1 Å². The van der Waals surface area contributed by atoms with Crippen LogP contribution in [0.15, 0.2) is 18.2 Å². The summed E-state index contributed by atoms with van der Waals surface area (Å²) in [6.07, 6.45) is 0.935. The van der Waals surface area contributed by atoms with Crippen molar-refractivity contribution in [2.45, 2.75) is 19.9 Å². The molecule has 0 aliphatic carbocycles. The highest BCUT2D eigenvalue weighted by molar-refractivity contribution is 5.53. The van der Waals surface area contributed by atoms with Gasteiger partial charge in [0.1, 0.15) is 5.82 Å². The first-order chi connectivity index (χ1) is 8.70. The largest absolute Gasteiger partial charge is 0.385 e. The standard InChI is InChI=1S/C14H23FN2O/c1-4-16-11-12-13(15)7-5-8-14(12)17(2)9-6-10-18-3/h5,7-8,16H,4,6,9-11H2,1-3H3. The molecule has 0 heterocycles. The van der Waals surface area contributed by atoms with Crippen LogP contribution in [0.5, 0.6) is 0 Å². The van der Waals surface area contributed by atoms with E-state index in [1.165, 1.54) is 6.07 Å². The summed E-state index contributed by atoms with van der Waals surface area (Å²) in [6, 6.07) is 5.23. The Balaban J connectivity index is 2.75. The maximum absolute atomic E-state index is 13.8. The Morgan fingerprint density at radius 1 is 1.39 bits per heavy atom. The number of methoxy groups -OCH3 is 1. The second-order valence-electron chi connectivity index (χ2n) is 4.29. The van der Waals surface area contributed by atoms with E-state index in [-0.39, 0.29) is 5.82 Å². The molecule has 0 aromatic heterocycles. The smallest absolute Gasteiger partial charge is 0.129 e. The molecular formula is C14H23FN2O. The first-order valence-corrected chi connectivity index (χ1v) is 6.38. The number of nitrogens with zero attached hydrogens (tertiary/aromatic N) is 1. The van der Waals surface area contributed by atoms with Crippen LogP contribution in [0.25, 0.3) is 0 Å². The number of halogens is 1. The molecule has 0 unspecified atom stereocenters. The monoisotopic (exact) mass is 254 g/mol. The molecule has 102 valence electrons. The van der Waals surface area contributed by atoms with E-state index in [4.69, 9.17) is 4.74 Å². The molecule has 1 rings (SSSR count). The summed E-state index contributed by atoms with van der Waals surface area (Å²) in [5.41, 5.74) is 1.69. The predicted octanol–water partition coefficient (Wildman–Crippen LogP) is 2.41. The van der Waals surface area contributed by atoms with E-state index >= 15 is 0 Å². The molecular weight excluding hydrogens is 231 g/mol. The number of ether oxygens (including phenoxy) is 1. The lowest BCUT2D eigenvalue weighted by Gasteiger charge is -2.23. The fourth-order valence-electron chi connectivity index (χ4n) is 1.90. The third-order valence-electron chi connectivity index (χ3n) is 2.90. The summed E-state index contributed by atoms with van der Waals surface area (Å²) < 4.78 is 18.9. The third-order valence-corrected chi connectivity index (χ3v) is 2.90. The highest BCUT2D eigenvalue weighted by Crippen LogP contribution is 2.22. The van der Waals surface area contributed by atoms with Crippen LogP contribution in [0.2, 0.25) is 0 Å². The maximum atomic E-state index is 13.8. The van der Waals surface area contributed by atoms with Crippen molar-refractivity contribution in [3.05, 3.63) is 29.6 Å². The highest BCUT2D eigenvalue weighted by Gasteiger charge is 2.11. The van der Waals surface area contributed by atoms with E-state index in [0.29, 0.717) is 6.54 Å². The Kier molecular flexibility index (Phi) is 6.68. The lowest BCUT2D eigenvalue weighted by molar-refractivity contribution is 0.196. The SMILES string of the molecule is CCNCc1c(F)cccc1N(C)CCCOC. The Morgan fingerprint density at radius 2 is 2.17 bits per heavy atom. The van der Waals surface area contributed by atoms with Crippen molar-refractivity contribution in [3.8, 4) is 0 Å². The molecule has 4 heteroatoms. The zero-order chi connectivity index (χ0) is 13.4. The molecule has 0 spiro atoms. The first-order valence-electron chi connectivity index (χ1n) is 6.38. The van der Waals surface area contributed by atoms with Gasteiger partial charge in [0.15, 0.2) is 0 Å². The van der Waals surface area contributed by atoms with Gasteiger partial charge in [0.25, 0.3) is 0 Å². The second-order valence-corrected chi connectivity index (χ2v) is 4.29. The minimum absolute atomic E-state index is 0.146. The van der Waals surface area contributed by atoms with Gasteiger partial charge < -0.3 is 15.0 Å². The quantitative estimate of drug-likeness (QED) is 0.721. The fourth-order valence-corrected chi connectivity index (χ4v) is 1.90. The van der Waals surface area contributed by atoms with E-state index in [1.54, 1.807) is 13.2 Å². The van der Waals surface area contributed by atoms with E-state index in [0.717, 1.165) is 37.4 Å². The van der Waals surface area contributed by atoms with Gasteiger partial charge in [0.05, 0.1) is 0 Å². The predicted molar refractivity (Wildman–Crippen MR) is 73.5 cm³/mol. The van der Waals surface area contributed by atoms with Crippen molar-refractivity contribution in [3.63, 3.8) is 0 Å². The summed E-state index contributed by atoms with van der Waals surface area (Å²) in [4.78, 5) is 2.08. The van der Waals surface area contributed by atoms with Crippen LogP contribution in [0.3, 0.4) is 0 Å². The van der Waals surface area contributed by atoms with Crippen LogP contribution in [-0.4, -0.2) is 33.9 Å². The average molecular weight is 254 g/mol. The molecule has 1 aromatic carbocycles. The van der Waals surface area contributed by atoms with Gasteiger partial charge in [-0.15, -0.1) is 0 Å². The molecule has 0 saturated heterocycles. The molecule has 0 saturated carbocycles. The molecule has 0 fully saturated rings. The minimum atomic E-state index is -0.146. The van der Waals surface area contributed by atoms with Crippen LogP contribution in [0.1, 0.15) is 18.9 Å². The first kappa shape index (κ1) is 14.9. The molecule has 1 N–H and O–H groups in total. The van der Waals surface area contributed by atoms with Crippen molar-refractivity contribution in [1.29, 1.82) is 0 Å². The van der Waals surface area contributed by atoms with Gasteiger partial charge in [0.2, 0.25) is 0 Å². The number of anilines is 1. The zero-order valence-electron chi connectivity index (χ0n) is 11.5. The van der Waals surface area contributed by atoms with E-state index in [1.807, 2.05) is 20.0 Å². The molecule has 18 heavy (non-hydrogen) atoms. The molecule has 0 bridgehead atoms. The summed E-state index contributed by atoms with van der Waals surface area (Å²) in [6.45, 7) is 5.00. The normalized spacial score (nSPS) is 10.7. The van der Waals surface area contributed by atoms with Gasteiger partial charge in [-0.25, -0.2) is 4.39 Å². The summed E-state index contributed by atoms with van der Waals surface area (Å²) >= 11 is 0. The number of rotatable bonds is 8. The Bertz CT molecular complexity index is 358. The molecule has 1 aromatic rings. The van der Waals surface area contributed by atoms with Gasteiger partial charge in [-0.2, -0.15) is 0 Å². The van der Waals surface area contributed by atoms with Gasteiger partial charge in [0, 0.05) is 45.1 Å². The molecule has 0 atom stereocenters. The third kappa shape index (κ3) is 4.27.